The molecule has 33 heavy (non-hydrogen) atoms. The second-order valence-electron chi connectivity index (χ2n) is 7.84. The van der Waals surface area contributed by atoms with Crippen molar-refractivity contribution in [1.82, 2.24) is 15.3 Å². The molecule has 4 rings (SSSR count). The third-order valence-electron chi connectivity index (χ3n) is 5.78. The molecule has 3 aromatic carbocycles. The Hall–Kier alpha value is -4.19. The molecule has 4 aromatic rings. The number of hydrazone groups is 1. The van der Waals surface area contributed by atoms with E-state index in [4.69, 9.17) is 0 Å². The molecule has 0 aliphatic heterocycles. The molecule has 0 unspecified atom stereocenters. The lowest BCUT2D eigenvalue weighted by atomic mass is 9.90. The van der Waals surface area contributed by atoms with Crippen LogP contribution in [-0.4, -0.2) is 29.1 Å². The van der Waals surface area contributed by atoms with Crippen LogP contribution in [0.25, 0.3) is 10.9 Å². The van der Waals surface area contributed by atoms with Crippen LogP contribution in [0.4, 0.5) is 0 Å². The Kier molecular flexibility index (Phi) is 6.64. The molecule has 2 amide bonds. The number of nitrogens with zero attached hydrogens (tertiary/aromatic N) is 2. The number of rotatable bonds is 7. The molecule has 2 N–H and O–H groups in total. The standard InChI is InChI=1S/C27H26N4O2/c1-19-23(22-15-9-10-16-24(22)31(19)2)17-29-30-25(32)18-28-27(33)26(20-11-5-3-6-12-20)21-13-7-4-8-14-21/h3-17,26H,18H2,1-2H3,(H,28,33)(H,30,32). The molecular formula is C27H26N4O2. The second-order valence-corrected chi connectivity index (χ2v) is 7.84. The van der Waals surface area contributed by atoms with Gasteiger partial charge in [-0.15, -0.1) is 0 Å². The lowest BCUT2D eigenvalue weighted by Crippen LogP contribution is -2.37. The zero-order chi connectivity index (χ0) is 23.2. The Balaban J connectivity index is 1.41. The van der Waals surface area contributed by atoms with E-state index in [9.17, 15) is 9.59 Å². The van der Waals surface area contributed by atoms with Gasteiger partial charge in [0.15, 0.2) is 0 Å². The predicted molar refractivity (Wildman–Crippen MR) is 131 cm³/mol. The average molecular weight is 439 g/mol. The Morgan fingerprint density at radius 2 is 1.48 bits per heavy atom. The highest BCUT2D eigenvalue weighted by Crippen LogP contribution is 2.25. The Labute approximate surface area is 192 Å². The quantitative estimate of drug-likeness (QED) is 0.339. The van der Waals surface area contributed by atoms with E-state index in [0.29, 0.717) is 0 Å². The van der Waals surface area contributed by atoms with Crippen molar-refractivity contribution >= 4 is 28.9 Å². The molecule has 166 valence electrons. The van der Waals surface area contributed by atoms with E-state index >= 15 is 0 Å². The van der Waals surface area contributed by atoms with Crippen molar-refractivity contribution in [3.8, 4) is 0 Å². The van der Waals surface area contributed by atoms with Crippen molar-refractivity contribution in [3.63, 3.8) is 0 Å². The molecule has 0 aliphatic carbocycles. The fourth-order valence-electron chi connectivity index (χ4n) is 3.98. The van der Waals surface area contributed by atoms with Crippen LogP contribution >= 0.6 is 0 Å². The summed E-state index contributed by atoms with van der Waals surface area (Å²) in [6.07, 6.45) is 1.65. The number of carbonyl (C=O) groups is 2. The molecule has 0 bridgehead atoms. The van der Waals surface area contributed by atoms with E-state index in [-0.39, 0.29) is 12.5 Å². The van der Waals surface area contributed by atoms with Gasteiger partial charge in [-0.2, -0.15) is 5.10 Å². The third-order valence-corrected chi connectivity index (χ3v) is 5.78. The third kappa shape index (κ3) is 4.85. The van der Waals surface area contributed by atoms with Gasteiger partial charge in [0.25, 0.3) is 5.91 Å². The van der Waals surface area contributed by atoms with E-state index in [0.717, 1.165) is 33.3 Å². The fourth-order valence-corrected chi connectivity index (χ4v) is 3.98. The number of nitrogens with one attached hydrogen (secondary N) is 2. The molecule has 1 heterocycles. The first-order valence-electron chi connectivity index (χ1n) is 10.8. The fraction of sp³-hybridized carbons (Fsp3) is 0.148. The predicted octanol–water partition coefficient (Wildman–Crippen LogP) is 3.89. The first-order chi connectivity index (χ1) is 16.1. The normalized spacial score (nSPS) is 11.2. The average Bonchev–Trinajstić information content (AvgIpc) is 3.09. The van der Waals surface area contributed by atoms with Gasteiger partial charge in [0.05, 0.1) is 18.7 Å². The van der Waals surface area contributed by atoms with Gasteiger partial charge in [0, 0.05) is 29.2 Å². The highest BCUT2D eigenvalue weighted by atomic mass is 16.2. The van der Waals surface area contributed by atoms with Gasteiger partial charge in [-0.05, 0) is 24.1 Å². The van der Waals surface area contributed by atoms with Crippen LogP contribution in [0.2, 0.25) is 0 Å². The molecule has 0 fully saturated rings. The SMILES string of the molecule is Cc1c(C=NNC(=O)CNC(=O)C(c2ccccc2)c2ccccc2)c2ccccc2n1C. The van der Waals surface area contributed by atoms with Gasteiger partial charge in [-0.1, -0.05) is 78.9 Å². The van der Waals surface area contributed by atoms with Crippen LogP contribution in [-0.2, 0) is 16.6 Å². The molecule has 0 spiro atoms. The molecule has 0 atom stereocenters. The minimum atomic E-state index is -0.498. The van der Waals surface area contributed by atoms with Crippen LogP contribution in [0, 0.1) is 6.92 Å². The van der Waals surface area contributed by atoms with Crippen LogP contribution in [0.1, 0.15) is 28.3 Å². The first-order valence-corrected chi connectivity index (χ1v) is 10.8. The van der Waals surface area contributed by atoms with E-state index in [1.54, 1.807) is 6.21 Å². The maximum Gasteiger partial charge on any atom is 0.259 e. The van der Waals surface area contributed by atoms with Crippen molar-refractivity contribution in [2.75, 3.05) is 6.54 Å². The van der Waals surface area contributed by atoms with Crippen molar-refractivity contribution in [3.05, 3.63) is 107 Å². The number of aromatic nitrogens is 1. The van der Waals surface area contributed by atoms with Crippen LogP contribution < -0.4 is 10.7 Å². The minimum Gasteiger partial charge on any atom is -0.347 e. The summed E-state index contributed by atoms with van der Waals surface area (Å²) < 4.78 is 2.09. The lowest BCUT2D eigenvalue weighted by Gasteiger charge is -2.17. The second kappa shape index (κ2) is 9.96. The maximum atomic E-state index is 13.0. The number of fused-ring (bicyclic) bond motifs is 1. The number of amides is 2. The first kappa shape index (κ1) is 22.0. The monoisotopic (exact) mass is 438 g/mol. The van der Waals surface area contributed by atoms with Gasteiger partial charge in [-0.3, -0.25) is 9.59 Å². The molecule has 6 heteroatoms. The van der Waals surface area contributed by atoms with Gasteiger partial charge >= 0.3 is 0 Å². The van der Waals surface area contributed by atoms with Crippen molar-refractivity contribution in [1.29, 1.82) is 0 Å². The molecule has 0 saturated carbocycles. The Bertz CT molecular complexity index is 1250. The van der Waals surface area contributed by atoms with Crippen molar-refractivity contribution in [2.45, 2.75) is 12.8 Å². The van der Waals surface area contributed by atoms with E-state index in [1.165, 1.54) is 0 Å². The number of benzene rings is 3. The molecular weight excluding hydrogens is 412 g/mol. The number of aryl methyl sites for hydroxylation is 1. The highest BCUT2D eigenvalue weighted by molar-refractivity contribution is 6.01. The summed E-state index contributed by atoms with van der Waals surface area (Å²) in [5.41, 5.74) is 7.35. The number of carbonyl (C=O) groups excluding carboxylic acids is 2. The zero-order valence-corrected chi connectivity index (χ0v) is 18.7. The maximum absolute atomic E-state index is 13.0. The minimum absolute atomic E-state index is 0.166. The summed E-state index contributed by atoms with van der Waals surface area (Å²) in [6.45, 7) is 1.84. The Morgan fingerprint density at radius 3 is 2.12 bits per heavy atom. The summed E-state index contributed by atoms with van der Waals surface area (Å²) in [7, 11) is 2.00. The van der Waals surface area contributed by atoms with Gasteiger partial charge < -0.3 is 9.88 Å². The van der Waals surface area contributed by atoms with Crippen LogP contribution in [0.15, 0.2) is 90.0 Å². The van der Waals surface area contributed by atoms with Gasteiger partial charge in [0.1, 0.15) is 0 Å². The van der Waals surface area contributed by atoms with Gasteiger partial charge in [-0.25, -0.2) is 5.43 Å². The van der Waals surface area contributed by atoms with E-state index in [1.807, 2.05) is 98.9 Å². The molecule has 6 nitrogen and oxygen atoms in total. The van der Waals surface area contributed by atoms with Crippen molar-refractivity contribution < 1.29 is 9.59 Å². The Morgan fingerprint density at radius 1 is 0.909 bits per heavy atom. The van der Waals surface area contributed by atoms with E-state index < -0.39 is 11.8 Å². The zero-order valence-electron chi connectivity index (χ0n) is 18.7. The summed E-state index contributed by atoms with van der Waals surface area (Å²) in [6, 6.07) is 27.1. The topological polar surface area (TPSA) is 75.5 Å². The summed E-state index contributed by atoms with van der Waals surface area (Å²) in [4.78, 5) is 25.3. The van der Waals surface area contributed by atoms with Crippen molar-refractivity contribution in [2.24, 2.45) is 12.1 Å². The summed E-state index contributed by atoms with van der Waals surface area (Å²) >= 11 is 0. The lowest BCUT2D eigenvalue weighted by molar-refractivity contribution is -0.126. The van der Waals surface area contributed by atoms with Crippen LogP contribution in [0.3, 0.4) is 0 Å². The largest absolute Gasteiger partial charge is 0.347 e. The molecule has 0 radical (unpaired) electrons. The molecule has 0 saturated heterocycles. The van der Waals surface area contributed by atoms with E-state index in [2.05, 4.69) is 20.4 Å². The van der Waals surface area contributed by atoms with Gasteiger partial charge in [0.2, 0.25) is 5.91 Å². The summed E-state index contributed by atoms with van der Waals surface area (Å²) in [5, 5.41) is 7.93. The van der Waals surface area contributed by atoms with Crippen LogP contribution in [0.5, 0.6) is 0 Å². The number of hydrogen-bond acceptors (Lipinski definition) is 3. The number of hydrogen-bond donors (Lipinski definition) is 2. The highest BCUT2D eigenvalue weighted by Gasteiger charge is 2.22. The molecule has 1 aromatic heterocycles. The smallest absolute Gasteiger partial charge is 0.259 e. The summed E-state index contributed by atoms with van der Waals surface area (Å²) in [5.74, 6) is -1.13. The molecule has 0 aliphatic rings. The number of para-hydroxylation sites is 1.